The molecule has 5 nitrogen and oxygen atoms in total. The average Bonchev–Trinajstić information content (AvgIpc) is 2.51. The maximum absolute atomic E-state index is 11.8. The minimum Gasteiger partial charge on any atom is -0.495 e. The van der Waals surface area contributed by atoms with E-state index in [1.165, 1.54) is 0 Å². The van der Waals surface area contributed by atoms with Gasteiger partial charge in [-0.2, -0.15) is 0 Å². The number of rotatable bonds is 8. The van der Waals surface area contributed by atoms with Crippen LogP contribution in [0.2, 0.25) is 0 Å². The molecule has 0 saturated carbocycles. The predicted octanol–water partition coefficient (Wildman–Crippen LogP) is 4.18. The zero-order chi connectivity index (χ0) is 18.2. The second-order valence-electron chi connectivity index (χ2n) is 6.99. The van der Waals surface area contributed by atoms with Gasteiger partial charge in [0.15, 0.2) is 0 Å². The molecule has 0 bridgehead atoms. The molecule has 0 fully saturated rings. The van der Waals surface area contributed by atoms with E-state index in [1.807, 2.05) is 12.3 Å². The number of carbonyl (C=O) groups excluding carboxylic acids is 1. The molecule has 0 saturated heterocycles. The number of methoxy groups -OCH3 is 1. The number of hydrogen-bond donors (Lipinski definition) is 1. The fourth-order valence-corrected chi connectivity index (χ4v) is 2.03. The molecule has 0 heterocycles. The zero-order valence-electron chi connectivity index (χ0n) is 15.7. The molecule has 0 aliphatic carbocycles. The third-order valence-corrected chi connectivity index (χ3v) is 3.33. The van der Waals surface area contributed by atoms with Crippen molar-refractivity contribution in [1.29, 1.82) is 0 Å². The third kappa shape index (κ3) is 7.02. The standard InChI is InChI=1S/C19H30N2O3/c1-7-24-18(22)15-8-9-16(17(12-15)23-6)21-14(2)13-20-11-10-19(3,4)5/h8-9,11-12,14,21H,7,10,13H2,1-6H3. The Morgan fingerprint density at radius 3 is 2.67 bits per heavy atom. The van der Waals surface area contributed by atoms with Crippen LogP contribution in [0.3, 0.4) is 0 Å². The minimum absolute atomic E-state index is 0.156. The van der Waals surface area contributed by atoms with Crippen LogP contribution in [0.5, 0.6) is 5.75 Å². The lowest BCUT2D eigenvalue weighted by Gasteiger charge is -2.17. The molecule has 134 valence electrons. The average molecular weight is 334 g/mol. The van der Waals surface area contributed by atoms with Crippen molar-refractivity contribution in [3.05, 3.63) is 23.8 Å². The van der Waals surface area contributed by atoms with Gasteiger partial charge in [0.1, 0.15) is 5.75 Å². The van der Waals surface area contributed by atoms with Crippen LogP contribution >= 0.6 is 0 Å². The second-order valence-corrected chi connectivity index (χ2v) is 6.99. The first-order valence-electron chi connectivity index (χ1n) is 8.36. The summed E-state index contributed by atoms with van der Waals surface area (Å²) in [6.45, 7) is 11.5. The molecule has 0 aromatic heterocycles. The molecule has 1 aromatic carbocycles. The summed E-state index contributed by atoms with van der Waals surface area (Å²) in [6.07, 6.45) is 2.94. The van der Waals surface area contributed by atoms with Crippen LogP contribution in [-0.2, 0) is 4.74 Å². The van der Waals surface area contributed by atoms with Crippen molar-refractivity contribution in [2.45, 2.75) is 47.1 Å². The van der Waals surface area contributed by atoms with Gasteiger partial charge >= 0.3 is 5.97 Å². The molecule has 1 atom stereocenters. The number of anilines is 1. The number of benzene rings is 1. The van der Waals surface area contributed by atoms with Gasteiger partial charge in [-0.25, -0.2) is 4.79 Å². The number of nitrogens with one attached hydrogen (secondary N) is 1. The van der Waals surface area contributed by atoms with E-state index in [1.54, 1.807) is 26.2 Å². The fourth-order valence-electron chi connectivity index (χ4n) is 2.03. The SMILES string of the molecule is CCOC(=O)c1ccc(NC(C)CN=CCC(C)(C)C)c(OC)c1. The van der Waals surface area contributed by atoms with Gasteiger partial charge in [-0.15, -0.1) is 0 Å². The Morgan fingerprint density at radius 1 is 1.38 bits per heavy atom. The quantitative estimate of drug-likeness (QED) is 0.572. The van der Waals surface area contributed by atoms with Crippen molar-refractivity contribution in [2.75, 3.05) is 25.6 Å². The van der Waals surface area contributed by atoms with Gasteiger partial charge in [0, 0.05) is 6.04 Å². The molecule has 5 heteroatoms. The Hall–Kier alpha value is -2.04. The normalized spacial score (nSPS) is 12.9. The van der Waals surface area contributed by atoms with Crippen LogP contribution in [0.25, 0.3) is 0 Å². The molecule has 0 radical (unpaired) electrons. The summed E-state index contributed by atoms with van der Waals surface area (Å²) in [4.78, 5) is 16.3. The number of ether oxygens (including phenoxy) is 2. The van der Waals surface area contributed by atoms with Gasteiger partial charge in [0.2, 0.25) is 0 Å². The highest BCUT2D eigenvalue weighted by Crippen LogP contribution is 2.26. The van der Waals surface area contributed by atoms with E-state index in [9.17, 15) is 4.79 Å². The van der Waals surface area contributed by atoms with E-state index >= 15 is 0 Å². The highest BCUT2D eigenvalue weighted by atomic mass is 16.5. The topological polar surface area (TPSA) is 59.9 Å². The molecule has 24 heavy (non-hydrogen) atoms. The summed E-state index contributed by atoms with van der Waals surface area (Å²) >= 11 is 0. The van der Waals surface area contributed by atoms with Crippen LogP contribution in [0.4, 0.5) is 5.69 Å². The number of carbonyl (C=O) groups is 1. The van der Waals surface area contributed by atoms with Gasteiger partial charge in [0.25, 0.3) is 0 Å². The Morgan fingerprint density at radius 2 is 2.08 bits per heavy atom. The van der Waals surface area contributed by atoms with E-state index in [4.69, 9.17) is 9.47 Å². The molecule has 1 rings (SSSR count). The summed E-state index contributed by atoms with van der Waals surface area (Å²) < 4.78 is 10.4. The van der Waals surface area contributed by atoms with E-state index in [-0.39, 0.29) is 17.4 Å². The van der Waals surface area contributed by atoms with Crippen LogP contribution in [0, 0.1) is 5.41 Å². The molecule has 1 N–H and O–H groups in total. The van der Waals surface area contributed by atoms with Gasteiger partial charge < -0.3 is 14.8 Å². The van der Waals surface area contributed by atoms with Crippen molar-refractivity contribution < 1.29 is 14.3 Å². The van der Waals surface area contributed by atoms with Crippen LogP contribution in [0.15, 0.2) is 23.2 Å². The van der Waals surface area contributed by atoms with Gasteiger partial charge in [0.05, 0.1) is 31.5 Å². The van der Waals surface area contributed by atoms with Crippen molar-refractivity contribution in [3.63, 3.8) is 0 Å². The Balaban J connectivity index is 2.68. The van der Waals surface area contributed by atoms with Crippen molar-refractivity contribution >= 4 is 17.9 Å². The van der Waals surface area contributed by atoms with Crippen molar-refractivity contribution in [3.8, 4) is 5.75 Å². The largest absolute Gasteiger partial charge is 0.495 e. The number of nitrogens with zero attached hydrogens (tertiary/aromatic N) is 1. The Kier molecular flexibility index (Phi) is 7.75. The third-order valence-electron chi connectivity index (χ3n) is 3.33. The summed E-state index contributed by atoms with van der Waals surface area (Å²) in [7, 11) is 1.58. The number of esters is 1. The predicted molar refractivity (Wildman–Crippen MR) is 99.5 cm³/mol. The lowest BCUT2D eigenvalue weighted by molar-refractivity contribution is 0.0526. The Bertz CT molecular complexity index is 562. The molecule has 1 unspecified atom stereocenters. The monoisotopic (exact) mass is 334 g/mol. The molecule has 0 spiro atoms. The molecule has 0 amide bonds. The first kappa shape index (κ1) is 20.0. The number of aliphatic imine (C=N–C) groups is 1. The molecule has 0 aliphatic rings. The molecule has 1 aromatic rings. The molecule has 0 aliphatic heterocycles. The first-order valence-corrected chi connectivity index (χ1v) is 8.36. The number of hydrogen-bond acceptors (Lipinski definition) is 5. The lowest BCUT2D eigenvalue weighted by atomic mass is 9.93. The zero-order valence-corrected chi connectivity index (χ0v) is 15.7. The first-order chi connectivity index (χ1) is 11.3. The van der Waals surface area contributed by atoms with Crippen molar-refractivity contribution in [2.24, 2.45) is 10.4 Å². The van der Waals surface area contributed by atoms with E-state index in [2.05, 4.69) is 38.0 Å². The summed E-state index contributed by atoms with van der Waals surface area (Å²) in [5, 5.41) is 3.37. The molecular weight excluding hydrogens is 304 g/mol. The highest BCUT2D eigenvalue weighted by molar-refractivity contribution is 5.90. The maximum atomic E-state index is 11.8. The highest BCUT2D eigenvalue weighted by Gasteiger charge is 2.12. The smallest absolute Gasteiger partial charge is 0.338 e. The van der Waals surface area contributed by atoms with Crippen LogP contribution in [0.1, 0.15) is 51.4 Å². The van der Waals surface area contributed by atoms with Crippen molar-refractivity contribution in [1.82, 2.24) is 0 Å². The minimum atomic E-state index is -0.345. The maximum Gasteiger partial charge on any atom is 0.338 e. The van der Waals surface area contributed by atoms with E-state index in [0.29, 0.717) is 24.5 Å². The summed E-state index contributed by atoms with van der Waals surface area (Å²) in [6, 6.07) is 5.41. The Labute approximate surface area is 145 Å². The van der Waals surface area contributed by atoms with Crippen LogP contribution in [-0.4, -0.2) is 38.5 Å². The van der Waals surface area contributed by atoms with Crippen LogP contribution < -0.4 is 10.1 Å². The fraction of sp³-hybridized carbons (Fsp3) is 0.579. The molecular formula is C19H30N2O3. The van der Waals surface area contributed by atoms with Gasteiger partial charge in [-0.05, 0) is 50.1 Å². The van der Waals surface area contributed by atoms with E-state index < -0.39 is 0 Å². The lowest BCUT2D eigenvalue weighted by Crippen LogP contribution is -2.19. The van der Waals surface area contributed by atoms with Gasteiger partial charge in [-0.3, -0.25) is 4.99 Å². The van der Waals surface area contributed by atoms with E-state index in [0.717, 1.165) is 12.1 Å². The summed E-state index contributed by atoms with van der Waals surface area (Å²) in [5.74, 6) is 0.272. The summed E-state index contributed by atoms with van der Waals surface area (Å²) in [5.41, 5.74) is 1.57. The second kappa shape index (κ2) is 9.30. The van der Waals surface area contributed by atoms with Gasteiger partial charge in [-0.1, -0.05) is 20.8 Å².